The molecular formula is C20H24N4. The van der Waals surface area contributed by atoms with Crippen LogP contribution >= 0.6 is 0 Å². The quantitative estimate of drug-likeness (QED) is 0.765. The van der Waals surface area contributed by atoms with Gasteiger partial charge in [0.15, 0.2) is 0 Å². The first-order valence-electron chi connectivity index (χ1n) is 8.74. The third-order valence-electron chi connectivity index (χ3n) is 4.81. The van der Waals surface area contributed by atoms with Gasteiger partial charge in [0, 0.05) is 30.2 Å². The highest BCUT2D eigenvalue weighted by Gasteiger charge is 2.20. The predicted octanol–water partition coefficient (Wildman–Crippen LogP) is 3.95. The lowest BCUT2D eigenvalue weighted by Crippen LogP contribution is -2.41. The number of rotatable bonds is 4. The highest BCUT2D eigenvalue weighted by atomic mass is 15.2. The monoisotopic (exact) mass is 320 g/mol. The van der Waals surface area contributed by atoms with Gasteiger partial charge in [0.25, 0.3) is 0 Å². The maximum Gasteiger partial charge on any atom is 0.0651 e. The third kappa shape index (κ3) is 3.44. The second-order valence-electron chi connectivity index (χ2n) is 6.88. The minimum atomic E-state index is 0.507. The van der Waals surface area contributed by atoms with Crippen LogP contribution in [0, 0.1) is 6.92 Å². The first-order chi connectivity index (χ1) is 11.8. The number of anilines is 1. The van der Waals surface area contributed by atoms with Gasteiger partial charge in [0.1, 0.15) is 0 Å². The van der Waals surface area contributed by atoms with Crippen LogP contribution in [0.25, 0.3) is 10.9 Å². The molecule has 3 aromatic rings. The Bertz CT molecular complexity index is 823. The topological polar surface area (TPSA) is 44.0 Å². The zero-order valence-electron chi connectivity index (χ0n) is 14.1. The number of likely N-dealkylation sites (tertiary alicyclic amines) is 1. The molecule has 4 rings (SSSR count). The summed E-state index contributed by atoms with van der Waals surface area (Å²) < 4.78 is 0. The largest absolute Gasteiger partial charge is 0.381 e. The molecule has 2 heterocycles. The predicted molar refractivity (Wildman–Crippen MR) is 99.2 cm³/mol. The van der Waals surface area contributed by atoms with E-state index in [1.54, 1.807) is 0 Å². The van der Waals surface area contributed by atoms with E-state index in [1.165, 1.54) is 36.2 Å². The third-order valence-corrected chi connectivity index (χ3v) is 4.81. The number of fused-ring (bicyclic) bond motifs is 1. The highest BCUT2D eigenvalue weighted by molar-refractivity contribution is 5.81. The Morgan fingerprint density at radius 3 is 3.12 bits per heavy atom. The van der Waals surface area contributed by atoms with Crippen molar-refractivity contribution in [2.24, 2.45) is 0 Å². The Labute approximate surface area is 142 Å². The van der Waals surface area contributed by atoms with Crippen molar-refractivity contribution < 1.29 is 0 Å². The van der Waals surface area contributed by atoms with Crippen molar-refractivity contribution in [2.75, 3.05) is 18.4 Å². The molecule has 124 valence electrons. The molecule has 1 aromatic heterocycles. The standard InChI is InChI=1S/C20H24N4/c1-15-4-2-5-16(10-15)13-24-9-3-6-19(14-24)22-18-7-8-20-17(11-18)12-21-23-20/h2,4-5,7-8,10-12,19,22H,3,6,9,13-14H2,1H3,(H,21,23)/t19-/m0/s1. The number of nitrogens with one attached hydrogen (secondary N) is 2. The molecule has 0 saturated carbocycles. The fourth-order valence-electron chi connectivity index (χ4n) is 3.65. The number of hydrogen-bond acceptors (Lipinski definition) is 3. The van der Waals surface area contributed by atoms with Crippen molar-refractivity contribution in [3.63, 3.8) is 0 Å². The Hall–Kier alpha value is -2.33. The van der Waals surface area contributed by atoms with E-state index < -0.39 is 0 Å². The van der Waals surface area contributed by atoms with Gasteiger partial charge in [-0.2, -0.15) is 5.10 Å². The summed E-state index contributed by atoms with van der Waals surface area (Å²) in [6.07, 6.45) is 4.36. The molecule has 0 amide bonds. The fourth-order valence-corrected chi connectivity index (χ4v) is 3.65. The van der Waals surface area contributed by atoms with Crippen molar-refractivity contribution in [1.29, 1.82) is 0 Å². The summed E-state index contributed by atoms with van der Waals surface area (Å²) in [7, 11) is 0. The number of aryl methyl sites for hydroxylation is 1. The second kappa shape index (κ2) is 6.65. The van der Waals surface area contributed by atoms with E-state index in [9.17, 15) is 0 Å². The molecule has 1 fully saturated rings. The smallest absolute Gasteiger partial charge is 0.0651 e. The Morgan fingerprint density at radius 2 is 2.21 bits per heavy atom. The van der Waals surface area contributed by atoms with Gasteiger partial charge in [-0.15, -0.1) is 0 Å². The number of benzene rings is 2. The summed E-state index contributed by atoms with van der Waals surface area (Å²) in [5.74, 6) is 0. The van der Waals surface area contributed by atoms with Crippen LogP contribution in [0.2, 0.25) is 0 Å². The minimum Gasteiger partial charge on any atom is -0.381 e. The van der Waals surface area contributed by atoms with E-state index in [0.29, 0.717) is 6.04 Å². The SMILES string of the molecule is Cc1cccc(CN2CCC[C@H](Nc3ccc4[nH]ncc4c3)C2)c1. The summed E-state index contributed by atoms with van der Waals surface area (Å²) in [6, 6.07) is 15.8. The molecule has 4 heteroatoms. The Kier molecular flexibility index (Phi) is 4.22. The van der Waals surface area contributed by atoms with E-state index in [-0.39, 0.29) is 0 Å². The van der Waals surface area contributed by atoms with Crippen LogP contribution in [0.15, 0.2) is 48.7 Å². The molecule has 1 saturated heterocycles. The van der Waals surface area contributed by atoms with Crippen molar-refractivity contribution in [3.05, 3.63) is 59.8 Å². The molecular weight excluding hydrogens is 296 g/mol. The molecule has 0 unspecified atom stereocenters. The van der Waals surface area contributed by atoms with Gasteiger partial charge in [0.05, 0.1) is 11.7 Å². The summed E-state index contributed by atoms with van der Waals surface area (Å²) in [5, 5.41) is 12.0. The van der Waals surface area contributed by atoms with Crippen LogP contribution in [0.3, 0.4) is 0 Å². The molecule has 0 aliphatic carbocycles. The Balaban J connectivity index is 1.40. The molecule has 0 bridgehead atoms. The van der Waals surface area contributed by atoms with Gasteiger partial charge in [-0.25, -0.2) is 0 Å². The molecule has 24 heavy (non-hydrogen) atoms. The van der Waals surface area contributed by atoms with Gasteiger partial charge in [0.2, 0.25) is 0 Å². The van der Waals surface area contributed by atoms with Crippen LogP contribution in [0.1, 0.15) is 24.0 Å². The fraction of sp³-hybridized carbons (Fsp3) is 0.350. The lowest BCUT2D eigenvalue weighted by molar-refractivity contribution is 0.208. The lowest BCUT2D eigenvalue weighted by Gasteiger charge is -2.33. The van der Waals surface area contributed by atoms with Crippen LogP contribution in [0.4, 0.5) is 5.69 Å². The summed E-state index contributed by atoms with van der Waals surface area (Å²) in [4.78, 5) is 2.56. The summed E-state index contributed by atoms with van der Waals surface area (Å²) in [5.41, 5.74) is 5.03. The van der Waals surface area contributed by atoms with Gasteiger partial charge >= 0.3 is 0 Å². The lowest BCUT2D eigenvalue weighted by atomic mass is 10.0. The van der Waals surface area contributed by atoms with E-state index in [1.807, 2.05) is 6.20 Å². The molecule has 0 radical (unpaired) electrons. The average Bonchev–Trinajstić information content (AvgIpc) is 3.03. The maximum absolute atomic E-state index is 4.09. The molecule has 2 aromatic carbocycles. The zero-order valence-corrected chi connectivity index (χ0v) is 14.1. The number of nitrogens with zero attached hydrogens (tertiary/aromatic N) is 2. The van der Waals surface area contributed by atoms with Gasteiger partial charge in [-0.3, -0.25) is 10.00 Å². The number of H-pyrrole nitrogens is 1. The first-order valence-corrected chi connectivity index (χ1v) is 8.74. The minimum absolute atomic E-state index is 0.507. The number of aromatic nitrogens is 2. The van der Waals surface area contributed by atoms with E-state index >= 15 is 0 Å². The molecule has 0 spiro atoms. The van der Waals surface area contributed by atoms with E-state index in [0.717, 1.165) is 24.0 Å². The van der Waals surface area contributed by atoms with E-state index in [4.69, 9.17) is 0 Å². The van der Waals surface area contributed by atoms with Crippen LogP contribution in [0.5, 0.6) is 0 Å². The number of hydrogen-bond donors (Lipinski definition) is 2. The molecule has 1 atom stereocenters. The van der Waals surface area contributed by atoms with Crippen molar-refractivity contribution in [2.45, 2.75) is 32.4 Å². The first kappa shape index (κ1) is 15.2. The maximum atomic E-state index is 4.09. The highest BCUT2D eigenvalue weighted by Crippen LogP contribution is 2.21. The Morgan fingerprint density at radius 1 is 1.25 bits per heavy atom. The number of aromatic amines is 1. The summed E-state index contributed by atoms with van der Waals surface area (Å²) >= 11 is 0. The van der Waals surface area contributed by atoms with Crippen molar-refractivity contribution >= 4 is 16.6 Å². The molecule has 1 aliphatic heterocycles. The van der Waals surface area contributed by atoms with Crippen LogP contribution in [-0.2, 0) is 6.54 Å². The van der Waals surface area contributed by atoms with Gasteiger partial charge < -0.3 is 5.32 Å². The van der Waals surface area contributed by atoms with Gasteiger partial charge in [-0.05, 0) is 50.1 Å². The average molecular weight is 320 g/mol. The normalized spacial score (nSPS) is 18.8. The van der Waals surface area contributed by atoms with Crippen LogP contribution in [-0.4, -0.2) is 34.2 Å². The van der Waals surface area contributed by atoms with E-state index in [2.05, 4.69) is 69.8 Å². The van der Waals surface area contributed by atoms with Crippen molar-refractivity contribution in [3.8, 4) is 0 Å². The second-order valence-corrected chi connectivity index (χ2v) is 6.88. The summed E-state index contributed by atoms with van der Waals surface area (Å²) in [6.45, 7) is 5.49. The number of piperidine rings is 1. The molecule has 1 aliphatic rings. The van der Waals surface area contributed by atoms with Gasteiger partial charge in [-0.1, -0.05) is 29.8 Å². The molecule has 2 N–H and O–H groups in total. The van der Waals surface area contributed by atoms with Crippen LogP contribution < -0.4 is 5.32 Å². The van der Waals surface area contributed by atoms with Crippen molar-refractivity contribution in [1.82, 2.24) is 15.1 Å². The zero-order chi connectivity index (χ0) is 16.4. The molecule has 4 nitrogen and oxygen atoms in total.